The highest BCUT2D eigenvalue weighted by atomic mass is 19.1. The molecule has 23 heavy (non-hydrogen) atoms. The number of rotatable bonds is 4. The summed E-state index contributed by atoms with van der Waals surface area (Å²) < 4.78 is 18.1. The molecule has 1 aromatic rings. The second-order valence-electron chi connectivity index (χ2n) is 6.80. The Hall–Kier alpha value is -1.95. The zero-order chi connectivity index (χ0) is 17.0. The van der Waals surface area contributed by atoms with Crippen molar-refractivity contribution < 1.29 is 18.7 Å². The number of Topliss-reactive ketones (excluding diaryl/α,β-unsaturated/α-hetero) is 1. The molecule has 1 saturated heterocycles. The van der Waals surface area contributed by atoms with Crippen LogP contribution in [0.4, 0.5) is 9.18 Å². The van der Waals surface area contributed by atoms with Crippen molar-refractivity contribution in [3.8, 4) is 0 Å². The van der Waals surface area contributed by atoms with E-state index in [1.807, 2.05) is 25.7 Å². The number of ether oxygens (including phenoxy) is 1. The van der Waals surface area contributed by atoms with Crippen LogP contribution in [0.3, 0.4) is 0 Å². The number of benzene rings is 1. The van der Waals surface area contributed by atoms with Crippen LogP contribution in [0, 0.1) is 5.82 Å². The Kier molecular flexibility index (Phi) is 5.36. The van der Waals surface area contributed by atoms with E-state index in [-0.39, 0.29) is 24.2 Å². The Morgan fingerprint density at radius 2 is 1.96 bits per heavy atom. The van der Waals surface area contributed by atoms with Crippen molar-refractivity contribution in [3.63, 3.8) is 0 Å². The SMILES string of the molecule is CC(C)(C)OC(=O)NC1CCN(CC(=O)c2ccc(F)cc2)C1. The van der Waals surface area contributed by atoms with Crippen molar-refractivity contribution in [2.45, 2.75) is 38.8 Å². The van der Waals surface area contributed by atoms with Gasteiger partial charge in [-0.25, -0.2) is 9.18 Å². The molecule has 1 aliphatic rings. The average molecular weight is 322 g/mol. The third kappa shape index (κ3) is 5.63. The molecule has 1 unspecified atom stereocenters. The zero-order valence-electron chi connectivity index (χ0n) is 13.8. The summed E-state index contributed by atoms with van der Waals surface area (Å²) in [6, 6.07) is 5.52. The number of nitrogens with one attached hydrogen (secondary N) is 1. The molecule has 6 heteroatoms. The van der Waals surface area contributed by atoms with Crippen molar-refractivity contribution in [2.24, 2.45) is 0 Å². The van der Waals surface area contributed by atoms with Gasteiger partial charge in [0.15, 0.2) is 5.78 Å². The number of halogens is 1. The van der Waals surface area contributed by atoms with Crippen molar-refractivity contribution in [1.29, 1.82) is 0 Å². The van der Waals surface area contributed by atoms with Gasteiger partial charge in [0.2, 0.25) is 0 Å². The number of carbonyl (C=O) groups excluding carboxylic acids is 2. The van der Waals surface area contributed by atoms with Gasteiger partial charge >= 0.3 is 6.09 Å². The van der Waals surface area contributed by atoms with Crippen LogP contribution in [0.2, 0.25) is 0 Å². The first-order valence-corrected chi connectivity index (χ1v) is 7.73. The van der Waals surface area contributed by atoms with Crippen molar-refractivity contribution in [2.75, 3.05) is 19.6 Å². The molecule has 1 aromatic carbocycles. The first-order chi connectivity index (χ1) is 10.7. The summed E-state index contributed by atoms with van der Waals surface area (Å²) in [6.07, 6.45) is 0.338. The minimum atomic E-state index is -0.527. The molecule has 0 spiro atoms. The Morgan fingerprint density at radius 1 is 1.30 bits per heavy atom. The molecule has 1 fully saturated rings. The highest BCUT2D eigenvalue weighted by Gasteiger charge is 2.27. The second-order valence-corrected chi connectivity index (χ2v) is 6.80. The lowest BCUT2D eigenvalue weighted by molar-refractivity contribution is 0.0506. The van der Waals surface area contributed by atoms with E-state index in [0.717, 1.165) is 13.0 Å². The summed E-state index contributed by atoms with van der Waals surface area (Å²) >= 11 is 0. The van der Waals surface area contributed by atoms with E-state index in [9.17, 15) is 14.0 Å². The molecule has 5 nitrogen and oxygen atoms in total. The van der Waals surface area contributed by atoms with Gasteiger partial charge in [0.05, 0.1) is 6.54 Å². The first kappa shape index (κ1) is 17.4. The van der Waals surface area contributed by atoms with Crippen LogP contribution in [-0.2, 0) is 4.74 Å². The average Bonchev–Trinajstić information content (AvgIpc) is 2.84. The van der Waals surface area contributed by atoms with E-state index >= 15 is 0 Å². The predicted octanol–water partition coefficient (Wildman–Crippen LogP) is 2.61. The minimum absolute atomic E-state index is 0.0223. The number of carbonyl (C=O) groups is 2. The van der Waals surface area contributed by atoms with E-state index in [1.165, 1.54) is 24.3 Å². The minimum Gasteiger partial charge on any atom is -0.444 e. The second kappa shape index (κ2) is 7.08. The summed E-state index contributed by atoms with van der Waals surface area (Å²) in [5, 5.41) is 2.82. The van der Waals surface area contributed by atoms with Gasteiger partial charge in [0.25, 0.3) is 0 Å². The van der Waals surface area contributed by atoms with Crippen LogP contribution in [0.1, 0.15) is 37.6 Å². The van der Waals surface area contributed by atoms with Crippen LogP contribution >= 0.6 is 0 Å². The topological polar surface area (TPSA) is 58.6 Å². The molecule has 1 heterocycles. The smallest absolute Gasteiger partial charge is 0.407 e. The highest BCUT2D eigenvalue weighted by Crippen LogP contribution is 2.13. The van der Waals surface area contributed by atoms with Crippen molar-refractivity contribution in [3.05, 3.63) is 35.6 Å². The quantitative estimate of drug-likeness (QED) is 0.866. The Bertz CT molecular complexity index is 566. The zero-order valence-corrected chi connectivity index (χ0v) is 13.8. The highest BCUT2D eigenvalue weighted by molar-refractivity contribution is 5.97. The fourth-order valence-corrected chi connectivity index (χ4v) is 2.50. The lowest BCUT2D eigenvalue weighted by Crippen LogP contribution is -2.41. The number of hydrogen-bond acceptors (Lipinski definition) is 4. The summed E-state index contributed by atoms with van der Waals surface area (Å²) in [5.74, 6) is -0.410. The summed E-state index contributed by atoms with van der Waals surface area (Å²) in [4.78, 5) is 25.9. The molecule has 1 aliphatic heterocycles. The maximum Gasteiger partial charge on any atom is 0.407 e. The standard InChI is InChI=1S/C17H23FN2O3/c1-17(2,3)23-16(22)19-14-8-9-20(10-14)11-15(21)12-4-6-13(18)7-5-12/h4-7,14H,8-11H2,1-3H3,(H,19,22). The Balaban J connectivity index is 1.80. The van der Waals surface area contributed by atoms with Gasteiger partial charge in [-0.1, -0.05) is 0 Å². The molecular weight excluding hydrogens is 299 g/mol. The number of nitrogens with zero attached hydrogens (tertiary/aromatic N) is 1. The summed E-state index contributed by atoms with van der Waals surface area (Å²) in [5.41, 5.74) is -0.0315. The predicted molar refractivity (Wildman–Crippen MR) is 84.9 cm³/mol. The molecule has 1 amide bonds. The Labute approximate surface area is 135 Å². The van der Waals surface area contributed by atoms with Crippen LogP contribution in [0.15, 0.2) is 24.3 Å². The van der Waals surface area contributed by atoms with Crippen molar-refractivity contribution >= 4 is 11.9 Å². The van der Waals surface area contributed by atoms with Gasteiger partial charge < -0.3 is 10.1 Å². The number of likely N-dealkylation sites (tertiary alicyclic amines) is 1. The first-order valence-electron chi connectivity index (χ1n) is 7.73. The summed E-state index contributed by atoms with van der Waals surface area (Å²) in [7, 11) is 0. The van der Waals surface area contributed by atoms with Gasteiger partial charge in [-0.3, -0.25) is 9.69 Å². The maximum atomic E-state index is 12.9. The van der Waals surface area contributed by atoms with Crippen LogP contribution in [0.25, 0.3) is 0 Å². The summed E-state index contributed by atoms with van der Waals surface area (Å²) in [6.45, 7) is 7.04. The van der Waals surface area contributed by atoms with Gasteiger partial charge in [-0.15, -0.1) is 0 Å². The van der Waals surface area contributed by atoms with Crippen LogP contribution in [-0.4, -0.2) is 48.1 Å². The largest absolute Gasteiger partial charge is 0.444 e. The molecule has 0 aliphatic carbocycles. The molecule has 0 bridgehead atoms. The van der Waals surface area contributed by atoms with Crippen LogP contribution < -0.4 is 5.32 Å². The number of amides is 1. The molecule has 1 N–H and O–H groups in total. The molecule has 0 saturated carbocycles. The third-order valence-electron chi connectivity index (χ3n) is 3.53. The molecular formula is C17H23FN2O3. The maximum absolute atomic E-state index is 12.9. The van der Waals surface area contributed by atoms with E-state index in [1.54, 1.807) is 0 Å². The number of hydrogen-bond donors (Lipinski definition) is 1. The van der Waals surface area contributed by atoms with E-state index in [2.05, 4.69) is 5.32 Å². The van der Waals surface area contributed by atoms with E-state index in [4.69, 9.17) is 4.74 Å². The van der Waals surface area contributed by atoms with E-state index in [0.29, 0.717) is 12.1 Å². The fourth-order valence-electron chi connectivity index (χ4n) is 2.50. The molecule has 1 atom stereocenters. The van der Waals surface area contributed by atoms with Crippen molar-refractivity contribution in [1.82, 2.24) is 10.2 Å². The van der Waals surface area contributed by atoms with Gasteiger partial charge in [0, 0.05) is 24.7 Å². The lowest BCUT2D eigenvalue weighted by Gasteiger charge is -2.22. The normalized spacial score (nSPS) is 18.7. The monoisotopic (exact) mass is 322 g/mol. The molecule has 126 valence electrons. The van der Waals surface area contributed by atoms with Gasteiger partial charge in [-0.05, 0) is 51.5 Å². The Morgan fingerprint density at radius 3 is 2.57 bits per heavy atom. The van der Waals surface area contributed by atoms with Crippen LogP contribution in [0.5, 0.6) is 0 Å². The third-order valence-corrected chi connectivity index (χ3v) is 3.53. The van der Waals surface area contributed by atoms with E-state index < -0.39 is 11.7 Å². The number of alkyl carbamates (subject to hydrolysis) is 1. The molecule has 0 aromatic heterocycles. The van der Waals surface area contributed by atoms with Gasteiger partial charge in [-0.2, -0.15) is 0 Å². The van der Waals surface area contributed by atoms with Gasteiger partial charge in [0.1, 0.15) is 11.4 Å². The molecule has 2 rings (SSSR count). The lowest BCUT2D eigenvalue weighted by atomic mass is 10.1. The fraction of sp³-hybridized carbons (Fsp3) is 0.529. The number of ketones is 1. The molecule has 0 radical (unpaired) electrons.